The van der Waals surface area contributed by atoms with Crippen LogP contribution in [0.2, 0.25) is 0 Å². The standard InChI is InChI=1S/C26H30FN3O2/c1-3-17-13-19-15-21(6-7-22(19)23(17)31)30-10-4-5-18-14-20(16-28-24(18)30)25(32)29-11-8-26(2,27)9-12-29/h6-7,14-17H,3-5,8-13H2,1-2H3. The van der Waals surface area contributed by atoms with Crippen LogP contribution in [0.5, 0.6) is 0 Å². The third kappa shape index (κ3) is 3.70. The monoisotopic (exact) mass is 435 g/mol. The Hall–Kier alpha value is -2.76. The second-order valence-corrected chi connectivity index (χ2v) is 9.68. The number of pyridine rings is 1. The zero-order valence-electron chi connectivity index (χ0n) is 18.9. The second kappa shape index (κ2) is 7.98. The van der Waals surface area contributed by atoms with Crippen molar-refractivity contribution < 1.29 is 14.0 Å². The first-order chi connectivity index (χ1) is 15.4. The molecule has 0 N–H and O–H groups in total. The van der Waals surface area contributed by atoms with Gasteiger partial charge in [0, 0.05) is 43.0 Å². The van der Waals surface area contributed by atoms with Crippen molar-refractivity contribution in [1.82, 2.24) is 9.88 Å². The highest BCUT2D eigenvalue weighted by atomic mass is 19.1. The summed E-state index contributed by atoms with van der Waals surface area (Å²) in [6.45, 7) is 5.43. The van der Waals surface area contributed by atoms with Gasteiger partial charge in [-0.3, -0.25) is 9.59 Å². The maximum Gasteiger partial charge on any atom is 0.255 e. The van der Waals surface area contributed by atoms with Crippen molar-refractivity contribution in [2.75, 3.05) is 24.5 Å². The van der Waals surface area contributed by atoms with E-state index in [9.17, 15) is 14.0 Å². The molecule has 1 saturated heterocycles. The van der Waals surface area contributed by atoms with Crippen LogP contribution < -0.4 is 4.90 Å². The Morgan fingerprint density at radius 3 is 2.72 bits per heavy atom. The lowest BCUT2D eigenvalue weighted by Crippen LogP contribution is -2.43. The van der Waals surface area contributed by atoms with Crippen LogP contribution >= 0.6 is 0 Å². The number of aryl methyl sites for hydroxylation is 1. The van der Waals surface area contributed by atoms with Gasteiger partial charge in [0.05, 0.1) is 5.56 Å². The van der Waals surface area contributed by atoms with Gasteiger partial charge in [-0.25, -0.2) is 9.37 Å². The lowest BCUT2D eigenvalue weighted by atomic mass is 9.95. The van der Waals surface area contributed by atoms with E-state index in [1.54, 1.807) is 18.0 Å². The van der Waals surface area contributed by atoms with Crippen molar-refractivity contribution in [3.05, 3.63) is 52.7 Å². The fraction of sp³-hybridized carbons (Fsp3) is 0.500. The molecule has 3 aliphatic rings. The Labute approximate surface area is 188 Å². The Bertz CT molecular complexity index is 1070. The molecule has 1 amide bonds. The number of Topliss-reactive ketones (excluding diaryl/α,β-unsaturated/α-hetero) is 1. The fourth-order valence-electron chi connectivity index (χ4n) is 5.26. The number of piperidine rings is 1. The number of fused-ring (bicyclic) bond motifs is 2. The molecular weight excluding hydrogens is 405 g/mol. The molecule has 2 aliphatic heterocycles. The van der Waals surface area contributed by atoms with E-state index in [0.29, 0.717) is 31.5 Å². The molecule has 1 aromatic heterocycles. The third-order valence-electron chi connectivity index (χ3n) is 7.36. The van der Waals surface area contributed by atoms with Crippen molar-refractivity contribution in [1.29, 1.82) is 0 Å². The van der Waals surface area contributed by atoms with Crippen molar-refractivity contribution in [2.45, 2.75) is 58.0 Å². The maximum absolute atomic E-state index is 14.1. The molecule has 1 aliphatic carbocycles. The molecule has 1 atom stereocenters. The number of nitrogens with zero attached hydrogens (tertiary/aromatic N) is 3. The molecule has 5 nitrogen and oxygen atoms in total. The summed E-state index contributed by atoms with van der Waals surface area (Å²) < 4.78 is 14.1. The van der Waals surface area contributed by atoms with E-state index in [1.807, 2.05) is 18.2 Å². The molecule has 0 radical (unpaired) electrons. The van der Waals surface area contributed by atoms with Crippen molar-refractivity contribution in [2.24, 2.45) is 5.92 Å². The maximum atomic E-state index is 14.1. The van der Waals surface area contributed by atoms with Crippen LogP contribution in [-0.4, -0.2) is 46.9 Å². The molecule has 0 bridgehead atoms. The molecule has 2 aromatic rings. The van der Waals surface area contributed by atoms with E-state index < -0.39 is 5.67 Å². The predicted molar refractivity (Wildman–Crippen MR) is 122 cm³/mol. The van der Waals surface area contributed by atoms with E-state index in [-0.39, 0.29) is 17.6 Å². The van der Waals surface area contributed by atoms with Gasteiger partial charge in [-0.2, -0.15) is 0 Å². The lowest BCUT2D eigenvalue weighted by molar-refractivity contribution is 0.0503. The first-order valence-electron chi connectivity index (χ1n) is 11.8. The second-order valence-electron chi connectivity index (χ2n) is 9.68. The Morgan fingerprint density at radius 2 is 1.97 bits per heavy atom. The smallest absolute Gasteiger partial charge is 0.255 e. The highest BCUT2D eigenvalue weighted by Gasteiger charge is 2.33. The summed E-state index contributed by atoms with van der Waals surface area (Å²) in [6, 6.07) is 8.08. The normalized spacial score (nSPS) is 22.0. The zero-order valence-corrected chi connectivity index (χ0v) is 18.9. The van der Waals surface area contributed by atoms with Crippen molar-refractivity contribution in [3.63, 3.8) is 0 Å². The quantitative estimate of drug-likeness (QED) is 0.689. The summed E-state index contributed by atoms with van der Waals surface area (Å²) in [7, 11) is 0. The van der Waals surface area contributed by atoms with Crippen LogP contribution in [0.4, 0.5) is 15.9 Å². The van der Waals surface area contributed by atoms with Crippen LogP contribution in [0, 0.1) is 5.92 Å². The molecule has 0 spiro atoms. The number of likely N-dealkylation sites (tertiary alicyclic amines) is 1. The van der Waals surface area contributed by atoms with Gasteiger partial charge in [-0.15, -0.1) is 0 Å². The third-order valence-corrected chi connectivity index (χ3v) is 7.36. The van der Waals surface area contributed by atoms with Gasteiger partial charge in [-0.05, 0) is 80.8 Å². The number of hydrogen-bond acceptors (Lipinski definition) is 4. The number of rotatable bonds is 3. The van der Waals surface area contributed by atoms with Crippen LogP contribution in [0.25, 0.3) is 0 Å². The topological polar surface area (TPSA) is 53.5 Å². The van der Waals surface area contributed by atoms with E-state index in [1.165, 1.54) is 0 Å². The number of benzene rings is 1. The summed E-state index contributed by atoms with van der Waals surface area (Å²) in [5.74, 6) is 1.19. The van der Waals surface area contributed by atoms with Gasteiger partial charge < -0.3 is 9.80 Å². The molecule has 5 rings (SSSR count). The first kappa shape index (κ1) is 21.1. The van der Waals surface area contributed by atoms with Crippen molar-refractivity contribution >= 4 is 23.2 Å². The average Bonchev–Trinajstić information content (AvgIpc) is 3.12. The summed E-state index contributed by atoms with van der Waals surface area (Å²) in [4.78, 5) is 34.1. The summed E-state index contributed by atoms with van der Waals surface area (Å²) >= 11 is 0. The first-order valence-corrected chi connectivity index (χ1v) is 11.8. The molecule has 1 unspecified atom stereocenters. The molecule has 32 heavy (non-hydrogen) atoms. The molecule has 168 valence electrons. The van der Waals surface area contributed by atoms with Gasteiger partial charge in [0.25, 0.3) is 5.91 Å². The van der Waals surface area contributed by atoms with Crippen LogP contribution in [0.1, 0.15) is 71.4 Å². The number of anilines is 2. The number of ketones is 1. The number of carbonyl (C=O) groups is 2. The van der Waals surface area contributed by atoms with Gasteiger partial charge in [-0.1, -0.05) is 6.92 Å². The largest absolute Gasteiger partial charge is 0.338 e. The molecule has 6 heteroatoms. The van der Waals surface area contributed by atoms with Crippen LogP contribution in [-0.2, 0) is 12.8 Å². The summed E-state index contributed by atoms with van der Waals surface area (Å²) in [6.07, 6.45) is 5.96. The van der Waals surface area contributed by atoms with Crippen LogP contribution in [0.3, 0.4) is 0 Å². The van der Waals surface area contributed by atoms with Gasteiger partial charge in [0.1, 0.15) is 11.5 Å². The minimum Gasteiger partial charge on any atom is -0.338 e. The Morgan fingerprint density at radius 1 is 1.19 bits per heavy atom. The fourth-order valence-corrected chi connectivity index (χ4v) is 5.26. The van der Waals surface area contributed by atoms with Gasteiger partial charge in [0.15, 0.2) is 5.78 Å². The Balaban J connectivity index is 1.39. The van der Waals surface area contributed by atoms with Gasteiger partial charge in [0.2, 0.25) is 0 Å². The van der Waals surface area contributed by atoms with E-state index in [0.717, 1.165) is 60.4 Å². The zero-order chi connectivity index (χ0) is 22.5. The van der Waals surface area contributed by atoms with E-state index in [4.69, 9.17) is 4.98 Å². The molecule has 0 saturated carbocycles. The molecule has 1 aromatic carbocycles. The minimum absolute atomic E-state index is 0.0606. The van der Waals surface area contributed by atoms with Gasteiger partial charge >= 0.3 is 0 Å². The minimum atomic E-state index is -1.18. The number of carbonyl (C=O) groups excluding carboxylic acids is 2. The highest BCUT2D eigenvalue weighted by molar-refractivity contribution is 6.02. The molecular formula is C26H30FN3O2. The lowest BCUT2D eigenvalue weighted by Gasteiger charge is -2.34. The average molecular weight is 436 g/mol. The number of amides is 1. The predicted octanol–water partition coefficient (Wildman–Crippen LogP) is 4.90. The number of halogens is 1. The van der Waals surface area contributed by atoms with E-state index in [2.05, 4.69) is 17.9 Å². The van der Waals surface area contributed by atoms with Crippen molar-refractivity contribution in [3.8, 4) is 0 Å². The Kier molecular flexibility index (Phi) is 5.26. The van der Waals surface area contributed by atoms with Crippen LogP contribution in [0.15, 0.2) is 30.5 Å². The number of hydrogen-bond donors (Lipinski definition) is 0. The number of aromatic nitrogens is 1. The SMILES string of the molecule is CCC1Cc2cc(N3CCCc4cc(C(=O)N5CCC(C)(F)CC5)cnc43)ccc2C1=O. The van der Waals surface area contributed by atoms with E-state index >= 15 is 0 Å². The summed E-state index contributed by atoms with van der Waals surface area (Å²) in [5.41, 5.74) is 3.51. The highest BCUT2D eigenvalue weighted by Crippen LogP contribution is 2.37. The molecule has 1 fully saturated rings. The summed E-state index contributed by atoms with van der Waals surface area (Å²) in [5, 5.41) is 0. The number of alkyl halides is 1. The molecule has 3 heterocycles.